The van der Waals surface area contributed by atoms with Gasteiger partial charge in [0.2, 0.25) is 5.91 Å². The van der Waals surface area contributed by atoms with Gasteiger partial charge in [0.15, 0.2) is 0 Å². The molecule has 142 valence electrons. The Morgan fingerprint density at radius 3 is 2.78 bits per heavy atom. The molecule has 0 bridgehead atoms. The number of carboxylic acid groups (broad SMARTS) is 1. The van der Waals surface area contributed by atoms with Crippen molar-refractivity contribution in [3.05, 3.63) is 47.8 Å². The largest absolute Gasteiger partial charge is 0.481 e. The first kappa shape index (κ1) is 17.7. The number of likely N-dealkylation sites (tertiary alicyclic amines) is 1. The van der Waals surface area contributed by atoms with E-state index in [2.05, 4.69) is 28.3 Å². The van der Waals surface area contributed by atoms with Gasteiger partial charge in [-0.1, -0.05) is 18.2 Å². The molecule has 2 aliphatic heterocycles. The zero-order valence-electron chi connectivity index (χ0n) is 15.4. The molecule has 0 radical (unpaired) electrons. The number of nitrogens with zero attached hydrogens (tertiary/aromatic N) is 3. The van der Waals surface area contributed by atoms with Crippen LogP contribution in [0.5, 0.6) is 0 Å². The van der Waals surface area contributed by atoms with E-state index in [4.69, 9.17) is 0 Å². The first-order valence-corrected chi connectivity index (χ1v) is 9.33. The minimum absolute atomic E-state index is 0.0958. The number of aliphatic carboxylic acids is 1. The number of aryl methyl sites for hydroxylation is 1. The highest BCUT2D eigenvalue weighted by Crippen LogP contribution is 2.37. The number of amides is 1. The highest BCUT2D eigenvalue weighted by Gasteiger charge is 2.51. The molecule has 1 atom stereocenters. The average Bonchev–Trinajstić information content (AvgIpc) is 3.22. The average molecular weight is 368 g/mol. The third-order valence-electron chi connectivity index (χ3n) is 5.90. The van der Waals surface area contributed by atoms with Crippen LogP contribution < -0.4 is 5.32 Å². The molecular formula is C20H24N4O3. The van der Waals surface area contributed by atoms with E-state index >= 15 is 0 Å². The van der Waals surface area contributed by atoms with E-state index in [1.165, 1.54) is 5.56 Å². The summed E-state index contributed by atoms with van der Waals surface area (Å²) in [6.07, 6.45) is 5.36. The van der Waals surface area contributed by atoms with Crippen LogP contribution in [0.15, 0.2) is 36.7 Å². The number of aromatic nitrogens is 2. The third kappa shape index (κ3) is 3.35. The Morgan fingerprint density at radius 1 is 1.33 bits per heavy atom. The van der Waals surface area contributed by atoms with Crippen molar-refractivity contribution in [2.24, 2.45) is 5.92 Å². The number of carbonyl (C=O) groups is 2. The molecule has 4 rings (SSSR count). The smallest absolute Gasteiger partial charge is 0.309 e. The molecule has 2 saturated heterocycles. The van der Waals surface area contributed by atoms with Gasteiger partial charge >= 0.3 is 5.97 Å². The molecule has 1 aromatic carbocycles. The van der Waals surface area contributed by atoms with E-state index in [9.17, 15) is 14.7 Å². The van der Waals surface area contributed by atoms with Crippen molar-refractivity contribution in [2.45, 2.75) is 38.3 Å². The molecule has 0 aliphatic carbocycles. The van der Waals surface area contributed by atoms with Crippen molar-refractivity contribution in [1.82, 2.24) is 20.0 Å². The lowest BCUT2D eigenvalue weighted by molar-refractivity contribution is -0.144. The number of rotatable bonds is 4. The molecule has 27 heavy (non-hydrogen) atoms. The van der Waals surface area contributed by atoms with E-state index in [0.29, 0.717) is 12.8 Å². The summed E-state index contributed by atoms with van der Waals surface area (Å²) in [4.78, 5) is 25.6. The molecule has 7 heteroatoms. The maximum absolute atomic E-state index is 11.8. The summed E-state index contributed by atoms with van der Waals surface area (Å²) in [6, 6.07) is 8.13. The highest BCUT2D eigenvalue weighted by molar-refractivity contribution is 5.88. The SMILES string of the molecule is Cc1ccccc1-n1cc(CN2CCC3(CC2)NC(=O)CC3C(=O)O)cn1. The van der Waals surface area contributed by atoms with E-state index in [0.717, 1.165) is 30.9 Å². The Kier molecular flexibility index (Phi) is 4.47. The molecule has 1 amide bonds. The van der Waals surface area contributed by atoms with E-state index < -0.39 is 17.4 Å². The van der Waals surface area contributed by atoms with Crippen molar-refractivity contribution in [2.75, 3.05) is 13.1 Å². The predicted octanol–water partition coefficient (Wildman–Crippen LogP) is 1.74. The molecule has 1 spiro atoms. The van der Waals surface area contributed by atoms with Gasteiger partial charge in [0.1, 0.15) is 0 Å². The number of carboxylic acids is 1. The molecule has 2 aromatic rings. The van der Waals surface area contributed by atoms with E-state index in [-0.39, 0.29) is 12.3 Å². The van der Waals surface area contributed by atoms with Crippen LogP contribution in [0.3, 0.4) is 0 Å². The second-order valence-corrected chi connectivity index (χ2v) is 7.66. The molecule has 1 unspecified atom stereocenters. The predicted molar refractivity (Wildman–Crippen MR) is 99.4 cm³/mol. The molecule has 2 N–H and O–H groups in total. The van der Waals surface area contributed by atoms with Gasteiger partial charge in [-0.05, 0) is 31.4 Å². The van der Waals surface area contributed by atoms with Crippen LogP contribution in [0.2, 0.25) is 0 Å². The lowest BCUT2D eigenvalue weighted by Gasteiger charge is -2.41. The summed E-state index contributed by atoms with van der Waals surface area (Å²) in [6.45, 7) is 4.36. The number of para-hydroxylation sites is 1. The minimum Gasteiger partial charge on any atom is -0.481 e. The van der Waals surface area contributed by atoms with Gasteiger partial charge in [0.05, 0.1) is 23.3 Å². The van der Waals surface area contributed by atoms with Crippen LogP contribution in [0.25, 0.3) is 5.69 Å². The summed E-state index contributed by atoms with van der Waals surface area (Å²) in [5.74, 6) is -1.63. The van der Waals surface area contributed by atoms with Crippen molar-refractivity contribution in [3.8, 4) is 5.69 Å². The molecule has 0 saturated carbocycles. The number of hydrogen-bond acceptors (Lipinski definition) is 4. The molecule has 2 aliphatic rings. The van der Waals surface area contributed by atoms with Crippen molar-refractivity contribution < 1.29 is 14.7 Å². The van der Waals surface area contributed by atoms with Gasteiger partial charge in [-0.25, -0.2) is 4.68 Å². The van der Waals surface area contributed by atoms with Crippen LogP contribution >= 0.6 is 0 Å². The van der Waals surface area contributed by atoms with Crippen LogP contribution in [0.4, 0.5) is 0 Å². The van der Waals surface area contributed by atoms with Crippen LogP contribution in [0.1, 0.15) is 30.4 Å². The van der Waals surface area contributed by atoms with Crippen molar-refractivity contribution in [3.63, 3.8) is 0 Å². The molecule has 2 fully saturated rings. The maximum Gasteiger partial charge on any atom is 0.309 e. The van der Waals surface area contributed by atoms with E-state index in [1.54, 1.807) is 0 Å². The van der Waals surface area contributed by atoms with Crippen LogP contribution in [0, 0.1) is 12.8 Å². The number of piperidine rings is 1. The third-order valence-corrected chi connectivity index (χ3v) is 5.90. The maximum atomic E-state index is 11.8. The second kappa shape index (κ2) is 6.81. The Bertz CT molecular complexity index is 868. The fourth-order valence-corrected chi connectivity index (χ4v) is 4.36. The standard InChI is InChI=1S/C20H24N4O3/c1-14-4-2-3-5-17(14)24-13-15(11-21-24)12-23-8-6-20(7-9-23)16(19(26)27)10-18(25)22-20/h2-5,11,13,16H,6-10,12H2,1H3,(H,22,25)(H,26,27). The zero-order valence-corrected chi connectivity index (χ0v) is 15.4. The van der Waals surface area contributed by atoms with E-state index in [1.807, 2.05) is 35.3 Å². The summed E-state index contributed by atoms with van der Waals surface area (Å²) in [5.41, 5.74) is 2.78. The fraction of sp³-hybridized carbons (Fsp3) is 0.450. The van der Waals surface area contributed by atoms with Crippen LogP contribution in [-0.2, 0) is 16.1 Å². The summed E-state index contributed by atoms with van der Waals surface area (Å²) >= 11 is 0. The van der Waals surface area contributed by atoms with Crippen LogP contribution in [-0.4, -0.2) is 50.3 Å². The summed E-state index contributed by atoms with van der Waals surface area (Å²) < 4.78 is 1.90. The van der Waals surface area contributed by atoms with Gasteiger partial charge in [-0.3, -0.25) is 14.5 Å². The monoisotopic (exact) mass is 368 g/mol. The lowest BCUT2D eigenvalue weighted by atomic mass is 9.77. The van der Waals surface area contributed by atoms with Crippen molar-refractivity contribution >= 4 is 11.9 Å². The van der Waals surface area contributed by atoms with Gasteiger partial charge in [0.25, 0.3) is 0 Å². The quantitative estimate of drug-likeness (QED) is 0.858. The normalized spacial score (nSPS) is 22.1. The Hall–Kier alpha value is -2.67. The molecular weight excluding hydrogens is 344 g/mol. The van der Waals surface area contributed by atoms with Gasteiger partial charge in [-0.2, -0.15) is 5.10 Å². The number of benzene rings is 1. The highest BCUT2D eigenvalue weighted by atomic mass is 16.4. The lowest BCUT2D eigenvalue weighted by Crippen LogP contribution is -2.55. The van der Waals surface area contributed by atoms with Gasteiger partial charge in [-0.15, -0.1) is 0 Å². The first-order chi connectivity index (χ1) is 13.0. The van der Waals surface area contributed by atoms with Gasteiger partial charge < -0.3 is 10.4 Å². The Balaban J connectivity index is 1.41. The van der Waals surface area contributed by atoms with Gasteiger partial charge in [0, 0.05) is 37.8 Å². The summed E-state index contributed by atoms with van der Waals surface area (Å²) in [7, 11) is 0. The van der Waals surface area contributed by atoms with Crippen molar-refractivity contribution in [1.29, 1.82) is 0 Å². The zero-order chi connectivity index (χ0) is 19.0. The molecule has 3 heterocycles. The Labute approximate surface area is 158 Å². The number of nitrogens with one attached hydrogen (secondary N) is 1. The minimum atomic E-state index is -0.874. The molecule has 1 aromatic heterocycles. The second-order valence-electron chi connectivity index (χ2n) is 7.66. The number of carbonyl (C=O) groups excluding carboxylic acids is 1. The first-order valence-electron chi connectivity index (χ1n) is 9.33. The topological polar surface area (TPSA) is 87.5 Å². The number of hydrogen-bond donors (Lipinski definition) is 2. The molecule has 7 nitrogen and oxygen atoms in total. The fourth-order valence-electron chi connectivity index (χ4n) is 4.36. The Morgan fingerprint density at radius 2 is 2.07 bits per heavy atom. The summed E-state index contributed by atoms with van der Waals surface area (Å²) in [5, 5.41) is 16.9.